The Balaban J connectivity index is 1.44. The number of hydrogen-bond acceptors (Lipinski definition) is 2. The van der Waals surface area contributed by atoms with Crippen LogP contribution < -0.4 is 5.32 Å². The average Bonchev–Trinajstić information content (AvgIpc) is 2.44. The zero-order valence-corrected chi connectivity index (χ0v) is 11.9. The van der Waals surface area contributed by atoms with Crippen LogP contribution in [0.2, 0.25) is 0 Å². The van der Waals surface area contributed by atoms with E-state index >= 15 is 0 Å². The van der Waals surface area contributed by atoms with Crippen LogP contribution in [0.25, 0.3) is 0 Å². The molecule has 0 aromatic rings. The number of hydrogen-bond donors (Lipinski definition) is 1. The van der Waals surface area contributed by atoms with Crippen molar-refractivity contribution in [1.29, 1.82) is 0 Å². The molecule has 1 saturated carbocycles. The molecule has 1 N–H and O–H groups in total. The molecule has 2 aliphatic heterocycles. The lowest BCUT2D eigenvalue weighted by atomic mass is 9.68. The molecule has 0 amide bonds. The number of piperidine rings is 2. The Labute approximate surface area is 113 Å². The standard InChI is InChI=1S/C16H30N2/c1-2-6-16(7-3-1)8-12-18(13-9-16)14-15-4-10-17-11-5-15/h15,17H,1-14H2. The molecule has 2 saturated heterocycles. The van der Waals surface area contributed by atoms with Crippen LogP contribution in [0.3, 0.4) is 0 Å². The Bertz CT molecular complexity index is 242. The van der Waals surface area contributed by atoms with Gasteiger partial charge in [-0.05, 0) is 76.0 Å². The van der Waals surface area contributed by atoms with Crippen molar-refractivity contribution in [1.82, 2.24) is 10.2 Å². The predicted molar refractivity (Wildman–Crippen MR) is 76.8 cm³/mol. The maximum absolute atomic E-state index is 3.48. The summed E-state index contributed by atoms with van der Waals surface area (Å²) in [5, 5.41) is 3.48. The van der Waals surface area contributed by atoms with E-state index in [2.05, 4.69) is 10.2 Å². The Morgan fingerprint density at radius 3 is 2.22 bits per heavy atom. The highest BCUT2D eigenvalue weighted by molar-refractivity contribution is 4.89. The molecular formula is C16H30N2. The summed E-state index contributed by atoms with van der Waals surface area (Å²) in [6, 6.07) is 0. The van der Waals surface area contributed by atoms with Crippen LogP contribution in [0.4, 0.5) is 0 Å². The van der Waals surface area contributed by atoms with Crippen LogP contribution in [0.5, 0.6) is 0 Å². The van der Waals surface area contributed by atoms with Gasteiger partial charge in [-0.15, -0.1) is 0 Å². The van der Waals surface area contributed by atoms with Crippen LogP contribution in [-0.2, 0) is 0 Å². The van der Waals surface area contributed by atoms with Gasteiger partial charge in [-0.25, -0.2) is 0 Å². The third-order valence-electron chi connectivity index (χ3n) is 5.81. The fraction of sp³-hybridized carbons (Fsp3) is 1.00. The molecule has 0 bridgehead atoms. The minimum absolute atomic E-state index is 0.781. The molecule has 1 spiro atoms. The number of rotatable bonds is 2. The summed E-state index contributed by atoms with van der Waals surface area (Å²) in [4.78, 5) is 2.77. The van der Waals surface area contributed by atoms with Gasteiger partial charge in [-0.3, -0.25) is 0 Å². The molecule has 2 heteroatoms. The smallest absolute Gasteiger partial charge is 0.00106 e. The first-order valence-electron chi connectivity index (χ1n) is 8.29. The second kappa shape index (κ2) is 5.92. The lowest BCUT2D eigenvalue weighted by molar-refractivity contribution is 0.0568. The fourth-order valence-electron chi connectivity index (χ4n) is 4.44. The van der Waals surface area contributed by atoms with Crippen molar-refractivity contribution in [2.45, 2.75) is 57.8 Å². The topological polar surface area (TPSA) is 15.3 Å². The van der Waals surface area contributed by atoms with Gasteiger partial charge in [0.05, 0.1) is 0 Å². The van der Waals surface area contributed by atoms with Crippen molar-refractivity contribution < 1.29 is 0 Å². The summed E-state index contributed by atoms with van der Waals surface area (Å²) in [6.45, 7) is 6.68. The lowest BCUT2D eigenvalue weighted by Crippen LogP contribution is -2.44. The molecule has 0 aromatic carbocycles. The predicted octanol–water partition coefficient (Wildman–Crippen LogP) is 3.03. The minimum Gasteiger partial charge on any atom is -0.317 e. The van der Waals surface area contributed by atoms with Crippen molar-refractivity contribution in [3.63, 3.8) is 0 Å². The molecule has 104 valence electrons. The Kier molecular flexibility index (Phi) is 4.25. The van der Waals surface area contributed by atoms with Gasteiger partial charge >= 0.3 is 0 Å². The highest BCUT2D eigenvalue weighted by atomic mass is 15.1. The minimum atomic E-state index is 0.781. The van der Waals surface area contributed by atoms with E-state index in [9.17, 15) is 0 Å². The highest BCUT2D eigenvalue weighted by Crippen LogP contribution is 2.44. The van der Waals surface area contributed by atoms with Crippen molar-refractivity contribution in [3.8, 4) is 0 Å². The number of nitrogens with zero attached hydrogens (tertiary/aromatic N) is 1. The summed E-state index contributed by atoms with van der Waals surface area (Å²) in [7, 11) is 0. The fourth-order valence-corrected chi connectivity index (χ4v) is 4.44. The first-order valence-corrected chi connectivity index (χ1v) is 8.29. The van der Waals surface area contributed by atoms with Crippen LogP contribution >= 0.6 is 0 Å². The molecule has 0 radical (unpaired) electrons. The van der Waals surface area contributed by atoms with Crippen LogP contribution in [0.1, 0.15) is 57.8 Å². The zero-order valence-electron chi connectivity index (χ0n) is 11.9. The summed E-state index contributed by atoms with van der Waals surface area (Å²) in [6.07, 6.45) is 13.4. The van der Waals surface area contributed by atoms with E-state index in [0.717, 1.165) is 11.3 Å². The van der Waals surface area contributed by atoms with E-state index in [4.69, 9.17) is 0 Å². The molecule has 0 atom stereocenters. The molecule has 3 aliphatic rings. The van der Waals surface area contributed by atoms with Gasteiger partial charge in [0.25, 0.3) is 0 Å². The van der Waals surface area contributed by atoms with E-state index in [1.165, 1.54) is 90.5 Å². The summed E-state index contributed by atoms with van der Waals surface area (Å²) in [5.74, 6) is 0.978. The van der Waals surface area contributed by atoms with Crippen LogP contribution in [0, 0.1) is 11.3 Å². The third-order valence-corrected chi connectivity index (χ3v) is 5.81. The van der Waals surface area contributed by atoms with Crippen molar-refractivity contribution >= 4 is 0 Å². The van der Waals surface area contributed by atoms with Gasteiger partial charge in [0.15, 0.2) is 0 Å². The van der Waals surface area contributed by atoms with E-state index in [-0.39, 0.29) is 0 Å². The summed E-state index contributed by atoms with van der Waals surface area (Å²) >= 11 is 0. The Morgan fingerprint density at radius 2 is 1.56 bits per heavy atom. The summed E-state index contributed by atoms with van der Waals surface area (Å²) < 4.78 is 0. The first kappa shape index (κ1) is 12.9. The second-order valence-electron chi connectivity index (χ2n) is 7.05. The van der Waals surface area contributed by atoms with Gasteiger partial charge in [0, 0.05) is 6.54 Å². The van der Waals surface area contributed by atoms with Gasteiger partial charge in [0.1, 0.15) is 0 Å². The van der Waals surface area contributed by atoms with Gasteiger partial charge < -0.3 is 10.2 Å². The SMILES string of the molecule is C1CCC2(CC1)CCN(CC1CCNCC1)CC2. The van der Waals surface area contributed by atoms with Crippen molar-refractivity contribution in [2.24, 2.45) is 11.3 Å². The van der Waals surface area contributed by atoms with E-state index < -0.39 is 0 Å². The Hall–Kier alpha value is -0.0800. The number of nitrogens with one attached hydrogen (secondary N) is 1. The molecule has 18 heavy (non-hydrogen) atoms. The molecular weight excluding hydrogens is 220 g/mol. The molecule has 0 unspecified atom stereocenters. The highest BCUT2D eigenvalue weighted by Gasteiger charge is 2.35. The Morgan fingerprint density at radius 1 is 0.889 bits per heavy atom. The first-order chi connectivity index (χ1) is 8.86. The van der Waals surface area contributed by atoms with Crippen molar-refractivity contribution in [2.75, 3.05) is 32.7 Å². The van der Waals surface area contributed by atoms with Gasteiger partial charge in [-0.1, -0.05) is 19.3 Å². The van der Waals surface area contributed by atoms with Crippen LogP contribution in [0.15, 0.2) is 0 Å². The van der Waals surface area contributed by atoms with E-state index in [1.54, 1.807) is 0 Å². The van der Waals surface area contributed by atoms with Crippen molar-refractivity contribution in [3.05, 3.63) is 0 Å². The molecule has 1 aliphatic carbocycles. The van der Waals surface area contributed by atoms with Gasteiger partial charge in [0.2, 0.25) is 0 Å². The average molecular weight is 250 g/mol. The van der Waals surface area contributed by atoms with Gasteiger partial charge in [-0.2, -0.15) is 0 Å². The number of likely N-dealkylation sites (tertiary alicyclic amines) is 1. The maximum Gasteiger partial charge on any atom is 0.00106 e. The lowest BCUT2D eigenvalue weighted by Gasteiger charge is -2.45. The zero-order chi connectivity index (χ0) is 12.3. The molecule has 3 rings (SSSR count). The molecule has 2 nitrogen and oxygen atoms in total. The van der Waals surface area contributed by atoms with Crippen LogP contribution in [-0.4, -0.2) is 37.6 Å². The van der Waals surface area contributed by atoms with E-state index in [0.29, 0.717) is 0 Å². The summed E-state index contributed by atoms with van der Waals surface area (Å²) in [5.41, 5.74) is 0.781. The monoisotopic (exact) mass is 250 g/mol. The quantitative estimate of drug-likeness (QED) is 0.810. The maximum atomic E-state index is 3.48. The van der Waals surface area contributed by atoms with E-state index in [1.807, 2.05) is 0 Å². The molecule has 3 fully saturated rings. The molecule has 2 heterocycles. The third kappa shape index (κ3) is 3.08. The largest absolute Gasteiger partial charge is 0.317 e. The second-order valence-corrected chi connectivity index (χ2v) is 7.05. The normalized spacial score (nSPS) is 30.7. The molecule has 0 aromatic heterocycles.